The van der Waals surface area contributed by atoms with Gasteiger partial charge in [0.05, 0.1) is 17.6 Å². The minimum absolute atomic E-state index is 0.787. The maximum atomic E-state index is 4.50. The van der Waals surface area contributed by atoms with E-state index in [2.05, 4.69) is 28.3 Å². The zero-order chi connectivity index (χ0) is 11.5. The summed E-state index contributed by atoms with van der Waals surface area (Å²) in [7, 11) is 1.87. The highest BCUT2D eigenvalue weighted by Crippen LogP contribution is 2.21. The Hall–Kier alpha value is -1.90. The van der Waals surface area contributed by atoms with Gasteiger partial charge < -0.3 is 5.32 Å². The lowest BCUT2D eigenvalue weighted by Crippen LogP contribution is -1.99. The Kier molecular flexibility index (Phi) is 2.86. The normalized spacial score (nSPS) is 10.2. The largest absolute Gasteiger partial charge is 0.385 e. The van der Waals surface area contributed by atoms with Gasteiger partial charge >= 0.3 is 0 Å². The molecule has 1 heterocycles. The van der Waals surface area contributed by atoms with Gasteiger partial charge in [-0.25, -0.2) is 9.97 Å². The zero-order valence-corrected chi connectivity index (χ0v) is 9.78. The van der Waals surface area contributed by atoms with Crippen molar-refractivity contribution in [3.63, 3.8) is 0 Å². The molecule has 3 heteroatoms. The van der Waals surface area contributed by atoms with Crippen LogP contribution in [0.1, 0.15) is 11.3 Å². The number of benzene rings is 1. The molecule has 1 aromatic heterocycles. The van der Waals surface area contributed by atoms with E-state index < -0.39 is 0 Å². The summed E-state index contributed by atoms with van der Waals surface area (Å²) in [6.07, 6.45) is 1.82. The van der Waals surface area contributed by atoms with E-state index in [-0.39, 0.29) is 0 Å². The van der Waals surface area contributed by atoms with E-state index in [1.807, 2.05) is 38.4 Å². The van der Waals surface area contributed by atoms with Crippen LogP contribution in [-0.2, 0) is 0 Å². The monoisotopic (exact) mass is 213 g/mol. The second kappa shape index (κ2) is 4.31. The minimum Gasteiger partial charge on any atom is -0.385 e. The van der Waals surface area contributed by atoms with E-state index in [1.54, 1.807) is 0 Å². The number of anilines is 1. The summed E-state index contributed by atoms with van der Waals surface area (Å²) in [5, 5.41) is 3.06. The number of hydrogen-bond donors (Lipinski definition) is 1. The molecule has 2 aromatic rings. The quantitative estimate of drug-likeness (QED) is 0.833. The molecule has 0 atom stereocenters. The van der Waals surface area contributed by atoms with E-state index >= 15 is 0 Å². The van der Waals surface area contributed by atoms with Gasteiger partial charge in [0.1, 0.15) is 0 Å². The highest BCUT2D eigenvalue weighted by Gasteiger charge is 2.06. The average molecular weight is 213 g/mol. The first-order valence-electron chi connectivity index (χ1n) is 5.30. The van der Waals surface area contributed by atoms with Gasteiger partial charge in [-0.2, -0.15) is 0 Å². The molecule has 0 bridgehead atoms. The van der Waals surface area contributed by atoms with Gasteiger partial charge in [-0.1, -0.05) is 24.3 Å². The second-order valence-corrected chi connectivity index (χ2v) is 3.76. The van der Waals surface area contributed by atoms with Gasteiger partial charge in [-0.05, 0) is 19.4 Å². The van der Waals surface area contributed by atoms with Gasteiger partial charge in [-0.3, -0.25) is 0 Å². The number of hydrogen-bond acceptors (Lipinski definition) is 3. The molecule has 82 valence electrons. The van der Waals surface area contributed by atoms with Crippen molar-refractivity contribution in [2.75, 3.05) is 12.4 Å². The molecular formula is C13H15N3. The maximum absolute atomic E-state index is 4.50. The summed E-state index contributed by atoms with van der Waals surface area (Å²) in [6, 6.07) is 8.14. The molecule has 0 saturated heterocycles. The molecule has 0 saturated carbocycles. The van der Waals surface area contributed by atoms with E-state index in [4.69, 9.17) is 0 Å². The molecule has 0 amide bonds. The molecule has 0 fully saturated rings. The van der Waals surface area contributed by atoms with Crippen molar-refractivity contribution in [1.29, 1.82) is 0 Å². The molecule has 16 heavy (non-hydrogen) atoms. The Morgan fingerprint density at radius 2 is 1.88 bits per heavy atom. The molecule has 3 nitrogen and oxygen atoms in total. The lowest BCUT2D eigenvalue weighted by molar-refractivity contribution is 1.10. The van der Waals surface area contributed by atoms with Crippen molar-refractivity contribution in [1.82, 2.24) is 9.97 Å². The van der Waals surface area contributed by atoms with Gasteiger partial charge in [0.15, 0.2) is 5.82 Å². The van der Waals surface area contributed by atoms with E-state index in [1.165, 1.54) is 5.56 Å². The molecule has 0 spiro atoms. The van der Waals surface area contributed by atoms with Crippen molar-refractivity contribution in [3.05, 3.63) is 41.7 Å². The SMILES string of the molecule is CNc1cnc(-c2ccccc2C)nc1C. The van der Waals surface area contributed by atoms with Crippen LogP contribution in [0.15, 0.2) is 30.5 Å². The van der Waals surface area contributed by atoms with Crippen LogP contribution in [0, 0.1) is 13.8 Å². The molecule has 0 aliphatic heterocycles. The number of nitrogens with zero attached hydrogens (tertiary/aromatic N) is 2. The fourth-order valence-corrected chi connectivity index (χ4v) is 1.67. The van der Waals surface area contributed by atoms with Crippen LogP contribution in [0.4, 0.5) is 5.69 Å². The third kappa shape index (κ3) is 1.89. The first kappa shape index (κ1) is 10.6. The van der Waals surface area contributed by atoms with Gasteiger partial charge in [-0.15, -0.1) is 0 Å². The fourth-order valence-electron chi connectivity index (χ4n) is 1.67. The molecular weight excluding hydrogens is 198 g/mol. The Morgan fingerprint density at radius 1 is 1.12 bits per heavy atom. The van der Waals surface area contributed by atoms with Crippen molar-refractivity contribution in [2.45, 2.75) is 13.8 Å². The van der Waals surface area contributed by atoms with Crippen LogP contribution in [-0.4, -0.2) is 17.0 Å². The lowest BCUT2D eigenvalue weighted by atomic mass is 10.1. The summed E-state index contributed by atoms with van der Waals surface area (Å²) >= 11 is 0. The molecule has 0 unspecified atom stereocenters. The standard InChI is InChI=1S/C13H15N3/c1-9-6-4-5-7-11(9)13-15-8-12(14-3)10(2)16-13/h4-8,14H,1-3H3. The van der Waals surface area contributed by atoms with E-state index in [9.17, 15) is 0 Å². The predicted molar refractivity (Wildman–Crippen MR) is 66.5 cm³/mol. The zero-order valence-electron chi connectivity index (χ0n) is 9.78. The number of nitrogens with one attached hydrogen (secondary N) is 1. The van der Waals surface area contributed by atoms with Gasteiger partial charge in [0.25, 0.3) is 0 Å². The molecule has 0 aliphatic carbocycles. The lowest BCUT2D eigenvalue weighted by Gasteiger charge is -2.07. The third-order valence-corrected chi connectivity index (χ3v) is 2.63. The predicted octanol–water partition coefficient (Wildman–Crippen LogP) is 2.80. The van der Waals surface area contributed by atoms with Crippen LogP contribution in [0.5, 0.6) is 0 Å². The van der Waals surface area contributed by atoms with Crippen LogP contribution in [0.25, 0.3) is 11.4 Å². The van der Waals surface area contributed by atoms with E-state index in [0.29, 0.717) is 0 Å². The topological polar surface area (TPSA) is 37.8 Å². The van der Waals surface area contributed by atoms with Crippen LogP contribution in [0.2, 0.25) is 0 Å². The third-order valence-electron chi connectivity index (χ3n) is 2.63. The van der Waals surface area contributed by atoms with Gasteiger partial charge in [0.2, 0.25) is 0 Å². The Bertz CT molecular complexity index is 506. The second-order valence-electron chi connectivity index (χ2n) is 3.76. The molecule has 0 radical (unpaired) electrons. The van der Waals surface area contributed by atoms with Gasteiger partial charge in [0, 0.05) is 12.6 Å². The Labute approximate surface area is 95.6 Å². The van der Waals surface area contributed by atoms with E-state index in [0.717, 1.165) is 22.8 Å². The van der Waals surface area contributed by atoms with Crippen molar-refractivity contribution in [3.8, 4) is 11.4 Å². The molecule has 2 rings (SSSR count). The van der Waals surface area contributed by atoms with Crippen LogP contribution in [0.3, 0.4) is 0 Å². The summed E-state index contributed by atoms with van der Waals surface area (Å²) in [5.74, 6) is 0.787. The minimum atomic E-state index is 0.787. The number of aryl methyl sites for hydroxylation is 2. The summed E-state index contributed by atoms with van der Waals surface area (Å²) in [6.45, 7) is 4.05. The average Bonchev–Trinajstić information content (AvgIpc) is 2.29. The highest BCUT2D eigenvalue weighted by atomic mass is 14.9. The first-order chi connectivity index (χ1) is 7.72. The Balaban J connectivity index is 2.50. The summed E-state index contributed by atoms with van der Waals surface area (Å²) in [4.78, 5) is 8.87. The van der Waals surface area contributed by atoms with Crippen molar-refractivity contribution < 1.29 is 0 Å². The first-order valence-corrected chi connectivity index (χ1v) is 5.30. The fraction of sp³-hybridized carbons (Fsp3) is 0.231. The highest BCUT2D eigenvalue weighted by molar-refractivity contribution is 5.61. The van der Waals surface area contributed by atoms with Crippen molar-refractivity contribution in [2.24, 2.45) is 0 Å². The molecule has 1 aromatic carbocycles. The molecule has 0 aliphatic rings. The smallest absolute Gasteiger partial charge is 0.159 e. The molecule has 1 N–H and O–H groups in total. The summed E-state index contributed by atoms with van der Waals surface area (Å²) in [5.41, 5.74) is 4.22. The summed E-state index contributed by atoms with van der Waals surface area (Å²) < 4.78 is 0. The number of aromatic nitrogens is 2. The van der Waals surface area contributed by atoms with Crippen LogP contribution < -0.4 is 5.32 Å². The maximum Gasteiger partial charge on any atom is 0.159 e. The number of rotatable bonds is 2. The van der Waals surface area contributed by atoms with Crippen molar-refractivity contribution >= 4 is 5.69 Å². The van der Waals surface area contributed by atoms with Crippen LogP contribution >= 0.6 is 0 Å². The Morgan fingerprint density at radius 3 is 2.50 bits per heavy atom.